The van der Waals surface area contributed by atoms with Crippen LogP contribution in [-0.2, 0) is 9.47 Å². The lowest BCUT2D eigenvalue weighted by atomic mass is 10.2. The van der Waals surface area contributed by atoms with Crippen LogP contribution < -0.4 is 11.1 Å². The van der Waals surface area contributed by atoms with Gasteiger partial charge in [-0.2, -0.15) is 0 Å². The first kappa shape index (κ1) is 14.5. The number of nitrogens with one attached hydrogen (secondary N) is 1. The molecule has 0 aliphatic heterocycles. The van der Waals surface area contributed by atoms with E-state index in [9.17, 15) is 4.39 Å². The molecule has 1 aromatic carbocycles. The van der Waals surface area contributed by atoms with Gasteiger partial charge in [-0.15, -0.1) is 0 Å². The highest BCUT2D eigenvalue weighted by Gasteiger charge is 2.05. The van der Waals surface area contributed by atoms with Gasteiger partial charge in [-0.25, -0.2) is 4.39 Å². The molecule has 0 unspecified atom stereocenters. The maximum atomic E-state index is 13.3. The fourth-order valence-corrected chi connectivity index (χ4v) is 1.71. The van der Waals surface area contributed by atoms with Crippen LogP contribution in [0.3, 0.4) is 0 Å². The summed E-state index contributed by atoms with van der Waals surface area (Å²) >= 11 is 1.91. The Kier molecular flexibility index (Phi) is 6.53. The topological polar surface area (TPSA) is 56.5 Å². The Hall–Kier alpha value is -0.600. The van der Waals surface area contributed by atoms with E-state index in [-0.39, 0.29) is 5.82 Å². The molecular weight excluding hydrogens is 338 g/mol. The van der Waals surface area contributed by atoms with Crippen LogP contribution in [-0.4, -0.2) is 33.5 Å². The fourth-order valence-electron chi connectivity index (χ4n) is 1.22. The van der Waals surface area contributed by atoms with Gasteiger partial charge in [0.05, 0.1) is 34.8 Å². The molecule has 17 heavy (non-hydrogen) atoms. The van der Waals surface area contributed by atoms with E-state index < -0.39 is 0 Å². The standard InChI is InChI=1S/C11H16FIN2O2/c1-16-4-5-17-3-2-15-11-6-8(12)9(13)7-10(11)14/h6-7,15H,2-5,14H2,1H3. The Balaban J connectivity index is 2.34. The van der Waals surface area contributed by atoms with E-state index in [2.05, 4.69) is 5.32 Å². The molecule has 0 fully saturated rings. The molecule has 0 spiro atoms. The minimum atomic E-state index is -0.275. The summed E-state index contributed by atoms with van der Waals surface area (Å²) in [5.41, 5.74) is 6.89. The number of nitrogen functional groups attached to an aromatic ring is 1. The third-order valence-corrected chi connectivity index (χ3v) is 2.91. The summed E-state index contributed by atoms with van der Waals surface area (Å²) in [7, 11) is 1.62. The normalized spacial score (nSPS) is 10.5. The summed E-state index contributed by atoms with van der Waals surface area (Å²) in [6.45, 7) is 2.22. The molecule has 0 aliphatic rings. The maximum Gasteiger partial charge on any atom is 0.138 e. The van der Waals surface area contributed by atoms with Crippen molar-refractivity contribution in [3.05, 3.63) is 21.5 Å². The van der Waals surface area contributed by atoms with E-state index in [1.165, 1.54) is 6.07 Å². The van der Waals surface area contributed by atoms with Crippen LogP contribution in [0, 0.1) is 9.39 Å². The molecule has 0 radical (unpaired) electrons. The molecular formula is C11H16FIN2O2. The van der Waals surface area contributed by atoms with Crippen LogP contribution in [0.1, 0.15) is 0 Å². The average molecular weight is 354 g/mol. The lowest BCUT2D eigenvalue weighted by molar-refractivity contribution is 0.0759. The Morgan fingerprint density at radius 2 is 2.12 bits per heavy atom. The van der Waals surface area contributed by atoms with Crippen LogP contribution in [0.4, 0.5) is 15.8 Å². The third-order valence-electron chi connectivity index (χ3n) is 2.09. The second kappa shape index (κ2) is 7.67. The van der Waals surface area contributed by atoms with E-state index in [0.717, 1.165) is 0 Å². The largest absolute Gasteiger partial charge is 0.397 e. The predicted octanol–water partition coefficient (Wildman–Crippen LogP) is 2.09. The number of benzene rings is 1. The van der Waals surface area contributed by atoms with E-state index in [0.29, 0.717) is 41.3 Å². The van der Waals surface area contributed by atoms with Crippen LogP contribution >= 0.6 is 22.6 Å². The first-order valence-electron chi connectivity index (χ1n) is 5.20. The molecule has 4 nitrogen and oxygen atoms in total. The number of halogens is 2. The molecule has 0 atom stereocenters. The van der Waals surface area contributed by atoms with Gasteiger partial charge < -0.3 is 20.5 Å². The van der Waals surface area contributed by atoms with Gasteiger partial charge in [0.25, 0.3) is 0 Å². The molecule has 0 saturated heterocycles. The molecule has 96 valence electrons. The van der Waals surface area contributed by atoms with Gasteiger partial charge in [-0.1, -0.05) is 0 Å². The van der Waals surface area contributed by atoms with Crippen LogP contribution in [0.15, 0.2) is 12.1 Å². The van der Waals surface area contributed by atoms with E-state index in [1.807, 2.05) is 22.6 Å². The predicted molar refractivity (Wildman–Crippen MR) is 74.7 cm³/mol. The summed E-state index contributed by atoms with van der Waals surface area (Å²) in [4.78, 5) is 0. The number of anilines is 2. The van der Waals surface area contributed by atoms with Gasteiger partial charge in [0.1, 0.15) is 5.82 Å². The molecule has 1 aromatic rings. The molecule has 0 amide bonds. The van der Waals surface area contributed by atoms with Crippen molar-refractivity contribution >= 4 is 34.0 Å². The molecule has 0 aliphatic carbocycles. The van der Waals surface area contributed by atoms with Gasteiger partial charge in [0.2, 0.25) is 0 Å². The lowest BCUT2D eigenvalue weighted by Crippen LogP contribution is -2.13. The zero-order chi connectivity index (χ0) is 12.7. The van der Waals surface area contributed by atoms with Crippen LogP contribution in [0.25, 0.3) is 0 Å². The van der Waals surface area contributed by atoms with Crippen molar-refractivity contribution in [1.29, 1.82) is 0 Å². The maximum absolute atomic E-state index is 13.3. The highest BCUT2D eigenvalue weighted by Crippen LogP contribution is 2.23. The van der Waals surface area contributed by atoms with Crippen molar-refractivity contribution in [2.24, 2.45) is 0 Å². The molecule has 1 rings (SSSR count). The number of hydrogen-bond acceptors (Lipinski definition) is 4. The number of methoxy groups -OCH3 is 1. The van der Waals surface area contributed by atoms with Crippen molar-refractivity contribution < 1.29 is 13.9 Å². The number of ether oxygens (including phenoxy) is 2. The minimum Gasteiger partial charge on any atom is -0.397 e. The number of hydrogen-bond donors (Lipinski definition) is 2. The number of rotatable bonds is 7. The summed E-state index contributed by atoms with van der Waals surface area (Å²) in [5, 5.41) is 3.02. The van der Waals surface area contributed by atoms with Crippen molar-refractivity contribution in [1.82, 2.24) is 0 Å². The van der Waals surface area contributed by atoms with Gasteiger partial charge in [-0.05, 0) is 28.7 Å². The van der Waals surface area contributed by atoms with Crippen molar-refractivity contribution in [3.8, 4) is 0 Å². The second-order valence-electron chi connectivity index (χ2n) is 3.39. The number of nitrogens with two attached hydrogens (primary N) is 1. The van der Waals surface area contributed by atoms with E-state index in [4.69, 9.17) is 15.2 Å². The van der Waals surface area contributed by atoms with Crippen molar-refractivity contribution in [3.63, 3.8) is 0 Å². The Bertz CT molecular complexity index is 364. The van der Waals surface area contributed by atoms with Crippen LogP contribution in [0.2, 0.25) is 0 Å². The monoisotopic (exact) mass is 354 g/mol. The lowest BCUT2D eigenvalue weighted by Gasteiger charge is -2.10. The van der Waals surface area contributed by atoms with Gasteiger partial charge in [0.15, 0.2) is 0 Å². The zero-order valence-corrected chi connectivity index (χ0v) is 11.8. The SMILES string of the molecule is COCCOCCNc1cc(F)c(I)cc1N. The Morgan fingerprint density at radius 3 is 2.82 bits per heavy atom. The first-order chi connectivity index (χ1) is 8.15. The van der Waals surface area contributed by atoms with Gasteiger partial charge >= 0.3 is 0 Å². The van der Waals surface area contributed by atoms with Crippen molar-refractivity contribution in [2.45, 2.75) is 0 Å². The van der Waals surface area contributed by atoms with Gasteiger partial charge in [-0.3, -0.25) is 0 Å². The van der Waals surface area contributed by atoms with E-state index in [1.54, 1.807) is 13.2 Å². The molecule has 0 bridgehead atoms. The van der Waals surface area contributed by atoms with Crippen molar-refractivity contribution in [2.75, 3.05) is 44.5 Å². The average Bonchev–Trinajstić information content (AvgIpc) is 2.30. The fraction of sp³-hybridized carbons (Fsp3) is 0.455. The van der Waals surface area contributed by atoms with Gasteiger partial charge in [0, 0.05) is 19.7 Å². The van der Waals surface area contributed by atoms with E-state index >= 15 is 0 Å². The molecule has 3 N–H and O–H groups in total. The summed E-state index contributed by atoms with van der Waals surface area (Å²) in [6, 6.07) is 3.00. The molecule has 0 saturated carbocycles. The molecule has 0 heterocycles. The minimum absolute atomic E-state index is 0.275. The molecule has 0 aromatic heterocycles. The zero-order valence-electron chi connectivity index (χ0n) is 9.63. The smallest absolute Gasteiger partial charge is 0.138 e. The summed E-state index contributed by atoms with van der Waals surface area (Å²) in [6.07, 6.45) is 0. The first-order valence-corrected chi connectivity index (χ1v) is 6.28. The summed E-state index contributed by atoms with van der Waals surface area (Å²) in [5.74, 6) is -0.275. The Labute approximate surface area is 114 Å². The highest BCUT2D eigenvalue weighted by molar-refractivity contribution is 14.1. The third kappa shape index (κ3) is 5.05. The van der Waals surface area contributed by atoms with Crippen LogP contribution in [0.5, 0.6) is 0 Å². The molecule has 6 heteroatoms. The quantitative estimate of drug-likeness (QED) is 0.447. The highest BCUT2D eigenvalue weighted by atomic mass is 127. The second-order valence-corrected chi connectivity index (χ2v) is 4.55. The summed E-state index contributed by atoms with van der Waals surface area (Å²) < 4.78 is 23.9. The Morgan fingerprint density at radius 1 is 1.35 bits per heavy atom.